The summed E-state index contributed by atoms with van der Waals surface area (Å²) in [7, 11) is 0. The highest BCUT2D eigenvalue weighted by Gasteiger charge is 2.34. The van der Waals surface area contributed by atoms with Crippen LogP contribution in [0, 0.1) is 11.3 Å². The second-order valence-electron chi connectivity index (χ2n) is 9.37. The highest BCUT2D eigenvalue weighted by Crippen LogP contribution is 2.45. The Morgan fingerprint density at radius 1 is 1.10 bits per heavy atom. The molecule has 2 aromatic carbocycles. The van der Waals surface area contributed by atoms with Gasteiger partial charge in [-0.25, -0.2) is 4.98 Å². The van der Waals surface area contributed by atoms with E-state index in [2.05, 4.69) is 26.8 Å². The zero-order chi connectivity index (χ0) is 21.8. The average molecular weight is 414 g/mol. The van der Waals surface area contributed by atoms with Crippen molar-refractivity contribution in [2.45, 2.75) is 33.6 Å². The maximum absolute atomic E-state index is 12.2. The number of carboxylic acids is 1. The van der Waals surface area contributed by atoms with E-state index in [0.717, 1.165) is 40.3 Å². The number of allylic oxidation sites excluding steroid dienone is 1. The summed E-state index contributed by atoms with van der Waals surface area (Å²) in [5.74, 6) is 0.593. The minimum Gasteiger partial charge on any atom is -0.545 e. The Kier molecular flexibility index (Phi) is 4.50. The molecule has 158 valence electrons. The first-order valence-corrected chi connectivity index (χ1v) is 10.5. The van der Waals surface area contributed by atoms with Crippen LogP contribution in [0.25, 0.3) is 22.6 Å². The molecule has 0 spiro atoms. The van der Waals surface area contributed by atoms with Crippen molar-refractivity contribution in [3.63, 3.8) is 0 Å². The van der Waals surface area contributed by atoms with Crippen LogP contribution in [0.15, 0.2) is 42.5 Å². The first kappa shape index (κ1) is 19.6. The minimum atomic E-state index is -1.15. The number of pyridine rings is 1. The number of carboxylic acid groups (broad SMARTS) is 1. The van der Waals surface area contributed by atoms with Crippen molar-refractivity contribution >= 4 is 28.5 Å². The van der Waals surface area contributed by atoms with Crippen LogP contribution >= 0.6 is 0 Å². The molecule has 5 nitrogen and oxygen atoms in total. The molecule has 0 saturated heterocycles. The van der Waals surface area contributed by atoms with Crippen LogP contribution in [0.1, 0.15) is 54.4 Å². The molecule has 5 heteroatoms. The SMILES string of the molecule is CC(C)(C)[C@H]1C/C(=C\c2ccc3c(c2)OCO3)c2nc3ccccc3c(C(=O)[O-])c2C1. The fourth-order valence-electron chi connectivity index (χ4n) is 4.57. The van der Waals surface area contributed by atoms with Gasteiger partial charge in [-0.1, -0.05) is 45.0 Å². The van der Waals surface area contributed by atoms with Crippen molar-refractivity contribution in [1.82, 2.24) is 4.98 Å². The number of ether oxygens (including phenoxy) is 2. The number of rotatable bonds is 2. The monoisotopic (exact) mass is 414 g/mol. The maximum atomic E-state index is 12.2. The topological polar surface area (TPSA) is 71.5 Å². The molecule has 0 fully saturated rings. The highest BCUT2D eigenvalue weighted by molar-refractivity contribution is 6.05. The number of fused-ring (bicyclic) bond motifs is 3. The van der Waals surface area contributed by atoms with Crippen molar-refractivity contribution in [1.29, 1.82) is 0 Å². The van der Waals surface area contributed by atoms with Crippen LogP contribution in [0.3, 0.4) is 0 Å². The highest BCUT2D eigenvalue weighted by atomic mass is 16.7. The third kappa shape index (κ3) is 3.44. The quantitative estimate of drug-likeness (QED) is 0.618. The first-order chi connectivity index (χ1) is 14.8. The predicted octanol–water partition coefficient (Wildman–Crippen LogP) is 4.48. The molecule has 0 unspecified atom stereocenters. The van der Waals surface area contributed by atoms with E-state index >= 15 is 0 Å². The Labute approximate surface area is 181 Å². The van der Waals surface area contributed by atoms with Gasteiger partial charge in [0.1, 0.15) is 0 Å². The second-order valence-corrected chi connectivity index (χ2v) is 9.37. The van der Waals surface area contributed by atoms with Gasteiger partial charge >= 0.3 is 0 Å². The number of benzene rings is 2. The van der Waals surface area contributed by atoms with Crippen LogP contribution in [-0.4, -0.2) is 17.7 Å². The molecule has 1 aliphatic carbocycles. The van der Waals surface area contributed by atoms with Crippen LogP contribution in [0.5, 0.6) is 11.5 Å². The van der Waals surface area contributed by atoms with Crippen LogP contribution < -0.4 is 14.6 Å². The number of carbonyl (C=O) groups excluding carboxylic acids is 1. The second kappa shape index (κ2) is 7.12. The van der Waals surface area contributed by atoms with Gasteiger partial charge in [-0.05, 0) is 65.1 Å². The smallest absolute Gasteiger partial charge is 0.231 e. The zero-order valence-electron chi connectivity index (χ0n) is 17.9. The fraction of sp³-hybridized carbons (Fsp3) is 0.308. The van der Waals surface area contributed by atoms with Gasteiger partial charge in [0.2, 0.25) is 6.79 Å². The number of carbonyl (C=O) groups is 1. The third-order valence-corrected chi connectivity index (χ3v) is 6.38. The Bertz CT molecular complexity index is 1240. The lowest BCUT2D eigenvalue weighted by Crippen LogP contribution is -2.31. The first-order valence-electron chi connectivity index (χ1n) is 10.5. The van der Waals surface area contributed by atoms with Gasteiger partial charge in [-0.3, -0.25) is 0 Å². The average Bonchev–Trinajstić information content (AvgIpc) is 3.19. The van der Waals surface area contributed by atoms with Crippen LogP contribution in [0.4, 0.5) is 0 Å². The molecule has 0 amide bonds. The largest absolute Gasteiger partial charge is 0.545 e. The van der Waals surface area contributed by atoms with Crippen molar-refractivity contribution < 1.29 is 19.4 Å². The molecule has 1 atom stereocenters. The molecule has 1 aliphatic heterocycles. The van der Waals surface area contributed by atoms with Crippen molar-refractivity contribution in [3.8, 4) is 11.5 Å². The summed E-state index contributed by atoms with van der Waals surface area (Å²) in [5, 5.41) is 12.9. The van der Waals surface area contributed by atoms with Gasteiger partial charge in [-0.15, -0.1) is 0 Å². The third-order valence-electron chi connectivity index (χ3n) is 6.38. The lowest BCUT2D eigenvalue weighted by atomic mass is 9.69. The summed E-state index contributed by atoms with van der Waals surface area (Å²) in [6, 6.07) is 13.2. The molecule has 0 saturated carbocycles. The summed E-state index contributed by atoms with van der Waals surface area (Å²) >= 11 is 0. The predicted molar refractivity (Wildman–Crippen MR) is 118 cm³/mol. The number of hydrogen-bond acceptors (Lipinski definition) is 5. The molecule has 0 radical (unpaired) electrons. The van der Waals surface area contributed by atoms with E-state index in [4.69, 9.17) is 14.5 Å². The molecule has 0 N–H and O–H groups in total. The van der Waals surface area contributed by atoms with Crippen molar-refractivity contribution in [3.05, 3.63) is 64.8 Å². The normalized spacial score (nSPS) is 18.9. The number of nitrogens with zero attached hydrogens (tertiary/aromatic N) is 1. The number of aromatic nitrogens is 1. The van der Waals surface area contributed by atoms with E-state index in [9.17, 15) is 9.90 Å². The van der Waals surface area contributed by atoms with Crippen molar-refractivity contribution in [2.75, 3.05) is 6.79 Å². The molecule has 31 heavy (non-hydrogen) atoms. The Balaban J connectivity index is 1.74. The van der Waals surface area contributed by atoms with E-state index in [0.29, 0.717) is 17.3 Å². The lowest BCUT2D eigenvalue weighted by molar-refractivity contribution is -0.254. The van der Waals surface area contributed by atoms with E-state index in [1.165, 1.54) is 0 Å². The Morgan fingerprint density at radius 3 is 2.65 bits per heavy atom. The summed E-state index contributed by atoms with van der Waals surface area (Å²) in [6.07, 6.45) is 3.58. The molecule has 2 heterocycles. The van der Waals surface area contributed by atoms with Crippen molar-refractivity contribution in [2.24, 2.45) is 11.3 Å². The number of para-hydroxylation sites is 1. The van der Waals surface area contributed by atoms with E-state index < -0.39 is 5.97 Å². The molecule has 5 rings (SSSR count). The molecular weight excluding hydrogens is 390 g/mol. The van der Waals surface area contributed by atoms with Gasteiger partial charge in [0.25, 0.3) is 0 Å². The van der Waals surface area contributed by atoms with E-state index in [1.54, 1.807) is 0 Å². The molecule has 2 aliphatic rings. The minimum absolute atomic E-state index is 0.0144. The fourth-order valence-corrected chi connectivity index (χ4v) is 4.57. The maximum Gasteiger partial charge on any atom is 0.231 e. The molecule has 1 aromatic heterocycles. The van der Waals surface area contributed by atoms with Gasteiger partial charge in [0.15, 0.2) is 11.5 Å². The standard InChI is InChI=1S/C26H25NO4/c1-26(2,3)17-12-16(10-15-8-9-21-22(11-15)31-14-30-21)24-19(13-17)23(25(28)29)18-6-4-5-7-20(18)27-24/h4-11,17H,12-14H2,1-3H3,(H,28,29)/p-1/b16-10+/t17-/m0/s1. The van der Waals surface area contributed by atoms with Gasteiger partial charge in [0.05, 0.1) is 17.2 Å². The summed E-state index contributed by atoms with van der Waals surface area (Å²) in [4.78, 5) is 17.2. The summed E-state index contributed by atoms with van der Waals surface area (Å²) in [5.41, 5.74) is 4.50. The number of hydrogen-bond donors (Lipinski definition) is 0. The lowest BCUT2D eigenvalue weighted by Gasteiger charge is -2.37. The number of aromatic carboxylic acids is 1. The van der Waals surface area contributed by atoms with Crippen LogP contribution in [0.2, 0.25) is 0 Å². The Hall–Kier alpha value is -3.34. The van der Waals surface area contributed by atoms with E-state index in [1.807, 2.05) is 42.5 Å². The summed E-state index contributed by atoms with van der Waals surface area (Å²) in [6.45, 7) is 6.84. The summed E-state index contributed by atoms with van der Waals surface area (Å²) < 4.78 is 11.0. The zero-order valence-corrected chi connectivity index (χ0v) is 17.9. The van der Waals surface area contributed by atoms with Gasteiger partial charge in [-0.2, -0.15) is 0 Å². The van der Waals surface area contributed by atoms with Gasteiger partial charge in [0, 0.05) is 10.9 Å². The molecule has 0 bridgehead atoms. The van der Waals surface area contributed by atoms with Gasteiger partial charge < -0.3 is 19.4 Å². The molecular formula is C26H24NO4-. The molecule has 3 aromatic rings. The Morgan fingerprint density at radius 2 is 1.87 bits per heavy atom. The van der Waals surface area contributed by atoms with E-state index in [-0.39, 0.29) is 23.7 Å². The van der Waals surface area contributed by atoms with Crippen LogP contribution in [-0.2, 0) is 6.42 Å².